The molecule has 0 aliphatic heterocycles. The molecule has 0 saturated heterocycles. The highest BCUT2D eigenvalue weighted by molar-refractivity contribution is 5.94. The maximum Gasteiger partial charge on any atom is 0.225 e. The SMILES string of the molecule is CC(C)c1ccc(CCC(=O)Nc2[nH]ncc2-c2ccc(F)cc2)cc1. The zero-order valence-corrected chi connectivity index (χ0v) is 14.9. The molecule has 0 radical (unpaired) electrons. The van der Waals surface area contributed by atoms with Crippen molar-refractivity contribution < 1.29 is 9.18 Å². The van der Waals surface area contributed by atoms with Crippen molar-refractivity contribution in [2.24, 2.45) is 0 Å². The molecule has 26 heavy (non-hydrogen) atoms. The first kappa shape index (κ1) is 17.9. The van der Waals surface area contributed by atoms with E-state index >= 15 is 0 Å². The molecule has 0 aliphatic rings. The van der Waals surface area contributed by atoms with Gasteiger partial charge < -0.3 is 5.32 Å². The molecule has 1 heterocycles. The number of rotatable bonds is 6. The molecule has 1 aromatic heterocycles. The number of anilines is 1. The van der Waals surface area contributed by atoms with Crippen LogP contribution in [0.25, 0.3) is 11.1 Å². The second-order valence-corrected chi connectivity index (χ2v) is 6.61. The van der Waals surface area contributed by atoms with Crippen molar-refractivity contribution in [3.8, 4) is 11.1 Å². The van der Waals surface area contributed by atoms with Crippen LogP contribution in [0, 0.1) is 5.82 Å². The second kappa shape index (κ2) is 7.95. The van der Waals surface area contributed by atoms with Crippen molar-refractivity contribution in [1.82, 2.24) is 10.2 Å². The minimum atomic E-state index is -0.300. The Bertz CT molecular complexity index is 867. The van der Waals surface area contributed by atoms with E-state index in [1.54, 1.807) is 18.3 Å². The Morgan fingerprint density at radius 3 is 2.46 bits per heavy atom. The average molecular weight is 351 g/mol. The summed E-state index contributed by atoms with van der Waals surface area (Å²) in [6, 6.07) is 14.5. The molecule has 5 heteroatoms. The fourth-order valence-corrected chi connectivity index (χ4v) is 2.76. The van der Waals surface area contributed by atoms with Crippen molar-refractivity contribution in [2.75, 3.05) is 5.32 Å². The van der Waals surface area contributed by atoms with Crippen LogP contribution in [-0.2, 0) is 11.2 Å². The van der Waals surface area contributed by atoms with Crippen LogP contribution in [0.2, 0.25) is 0 Å². The summed E-state index contributed by atoms with van der Waals surface area (Å²) in [5.74, 6) is 0.631. The van der Waals surface area contributed by atoms with Gasteiger partial charge in [0.05, 0.1) is 6.20 Å². The van der Waals surface area contributed by atoms with Gasteiger partial charge in [0.25, 0.3) is 0 Å². The summed E-state index contributed by atoms with van der Waals surface area (Å²) < 4.78 is 13.1. The molecule has 0 spiro atoms. The summed E-state index contributed by atoms with van der Waals surface area (Å²) in [6.07, 6.45) is 2.67. The van der Waals surface area contributed by atoms with Crippen molar-refractivity contribution in [3.63, 3.8) is 0 Å². The molecular formula is C21H22FN3O. The number of aromatic nitrogens is 2. The van der Waals surface area contributed by atoms with E-state index in [0.717, 1.165) is 16.7 Å². The number of aromatic amines is 1. The van der Waals surface area contributed by atoms with Crippen LogP contribution in [0.5, 0.6) is 0 Å². The molecule has 3 rings (SSSR count). The Kier molecular flexibility index (Phi) is 5.46. The number of aryl methyl sites for hydroxylation is 1. The van der Waals surface area contributed by atoms with E-state index in [4.69, 9.17) is 0 Å². The fraction of sp³-hybridized carbons (Fsp3) is 0.238. The molecule has 0 atom stereocenters. The van der Waals surface area contributed by atoms with E-state index in [0.29, 0.717) is 24.6 Å². The van der Waals surface area contributed by atoms with Crippen LogP contribution in [0.15, 0.2) is 54.7 Å². The molecule has 2 N–H and O–H groups in total. The maximum absolute atomic E-state index is 13.1. The average Bonchev–Trinajstić information content (AvgIpc) is 3.09. The summed E-state index contributed by atoms with van der Waals surface area (Å²) in [5, 5.41) is 9.63. The van der Waals surface area contributed by atoms with Crippen molar-refractivity contribution in [2.45, 2.75) is 32.6 Å². The Balaban J connectivity index is 1.60. The third-order valence-corrected chi connectivity index (χ3v) is 4.35. The third-order valence-electron chi connectivity index (χ3n) is 4.35. The minimum Gasteiger partial charge on any atom is -0.311 e. The molecule has 0 unspecified atom stereocenters. The number of H-pyrrole nitrogens is 1. The lowest BCUT2D eigenvalue weighted by Gasteiger charge is -2.08. The lowest BCUT2D eigenvalue weighted by molar-refractivity contribution is -0.116. The highest BCUT2D eigenvalue weighted by atomic mass is 19.1. The lowest BCUT2D eigenvalue weighted by Crippen LogP contribution is -2.13. The van der Waals surface area contributed by atoms with Gasteiger partial charge in [0, 0.05) is 12.0 Å². The number of hydrogen-bond donors (Lipinski definition) is 2. The molecule has 0 aliphatic carbocycles. The van der Waals surface area contributed by atoms with Crippen molar-refractivity contribution in [3.05, 3.63) is 71.7 Å². The Hall–Kier alpha value is -2.95. The van der Waals surface area contributed by atoms with E-state index < -0.39 is 0 Å². The van der Waals surface area contributed by atoms with E-state index in [1.165, 1.54) is 17.7 Å². The van der Waals surface area contributed by atoms with Crippen LogP contribution < -0.4 is 5.32 Å². The first-order valence-electron chi connectivity index (χ1n) is 8.71. The highest BCUT2D eigenvalue weighted by Crippen LogP contribution is 2.26. The number of nitrogens with zero attached hydrogens (tertiary/aromatic N) is 1. The predicted octanol–water partition coefficient (Wildman–Crippen LogP) is 4.91. The van der Waals surface area contributed by atoms with Gasteiger partial charge in [-0.25, -0.2) is 4.39 Å². The fourth-order valence-electron chi connectivity index (χ4n) is 2.76. The van der Waals surface area contributed by atoms with Gasteiger partial charge in [-0.05, 0) is 41.2 Å². The topological polar surface area (TPSA) is 57.8 Å². The van der Waals surface area contributed by atoms with Crippen LogP contribution in [-0.4, -0.2) is 16.1 Å². The van der Waals surface area contributed by atoms with E-state index in [-0.39, 0.29) is 11.7 Å². The first-order valence-corrected chi connectivity index (χ1v) is 8.71. The van der Waals surface area contributed by atoms with Gasteiger partial charge in [0.15, 0.2) is 0 Å². The normalized spacial score (nSPS) is 10.9. The minimum absolute atomic E-state index is 0.0921. The summed E-state index contributed by atoms with van der Waals surface area (Å²) in [5.41, 5.74) is 3.95. The summed E-state index contributed by atoms with van der Waals surface area (Å²) >= 11 is 0. The van der Waals surface area contributed by atoms with Crippen LogP contribution >= 0.6 is 0 Å². The van der Waals surface area contributed by atoms with Crippen LogP contribution in [0.3, 0.4) is 0 Å². The van der Waals surface area contributed by atoms with E-state index in [1.807, 2.05) is 0 Å². The van der Waals surface area contributed by atoms with Crippen molar-refractivity contribution in [1.29, 1.82) is 0 Å². The van der Waals surface area contributed by atoms with Crippen molar-refractivity contribution >= 4 is 11.7 Å². The molecule has 134 valence electrons. The zero-order valence-electron chi connectivity index (χ0n) is 14.9. The van der Waals surface area contributed by atoms with Crippen LogP contribution in [0.1, 0.15) is 37.3 Å². The third kappa shape index (κ3) is 4.36. The standard InChI is InChI=1S/C21H22FN3O/c1-14(2)16-6-3-15(4-7-16)5-12-20(26)24-21-19(13-23-25-21)17-8-10-18(22)11-9-17/h3-4,6-11,13-14H,5,12H2,1-2H3,(H2,23,24,25,26). The summed E-state index contributed by atoms with van der Waals surface area (Å²) in [7, 11) is 0. The first-order chi connectivity index (χ1) is 12.5. The summed E-state index contributed by atoms with van der Waals surface area (Å²) in [4.78, 5) is 12.3. The molecule has 0 fully saturated rings. The van der Waals surface area contributed by atoms with Gasteiger partial charge in [-0.15, -0.1) is 0 Å². The molecule has 0 saturated carbocycles. The Morgan fingerprint density at radius 1 is 1.12 bits per heavy atom. The smallest absolute Gasteiger partial charge is 0.225 e. The number of halogens is 1. The number of amides is 1. The predicted molar refractivity (Wildman–Crippen MR) is 101 cm³/mol. The highest BCUT2D eigenvalue weighted by Gasteiger charge is 2.11. The second-order valence-electron chi connectivity index (χ2n) is 6.61. The molecule has 2 aromatic carbocycles. The largest absolute Gasteiger partial charge is 0.311 e. The maximum atomic E-state index is 13.1. The van der Waals surface area contributed by atoms with Gasteiger partial charge in [0.1, 0.15) is 11.6 Å². The molecule has 3 aromatic rings. The van der Waals surface area contributed by atoms with Gasteiger partial charge >= 0.3 is 0 Å². The van der Waals surface area contributed by atoms with Gasteiger partial charge in [-0.3, -0.25) is 9.89 Å². The van der Waals surface area contributed by atoms with E-state index in [9.17, 15) is 9.18 Å². The quantitative estimate of drug-likeness (QED) is 0.663. The molecule has 1 amide bonds. The zero-order chi connectivity index (χ0) is 18.5. The summed E-state index contributed by atoms with van der Waals surface area (Å²) in [6.45, 7) is 4.32. The number of carbonyl (C=O) groups is 1. The Labute approximate surface area is 152 Å². The molecule has 4 nitrogen and oxygen atoms in total. The van der Waals surface area contributed by atoms with E-state index in [2.05, 4.69) is 53.6 Å². The Morgan fingerprint density at radius 2 is 1.81 bits per heavy atom. The number of carbonyl (C=O) groups excluding carboxylic acids is 1. The number of benzene rings is 2. The van der Waals surface area contributed by atoms with Gasteiger partial charge in [-0.1, -0.05) is 50.2 Å². The van der Waals surface area contributed by atoms with Gasteiger partial charge in [-0.2, -0.15) is 5.10 Å². The van der Waals surface area contributed by atoms with Crippen LogP contribution in [0.4, 0.5) is 10.2 Å². The number of nitrogens with one attached hydrogen (secondary N) is 2. The molecular weight excluding hydrogens is 329 g/mol. The lowest BCUT2D eigenvalue weighted by atomic mass is 10.0. The van der Waals surface area contributed by atoms with Gasteiger partial charge in [0.2, 0.25) is 5.91 Å². The molecule has 0 bridgehead atoms. The number of hydrogen-bond acceptors (Lipinski definition) is 2. The monoisotopic (exact) mass is 351 g/mol.